The van der Waals surface area contributed by atoms with Crippen molar-refractivity contribution in [2.24, 2.45) is 0 Å². The molecular weight excluding hydrogens is 307 g/mol. The largest absolute Gasteiger partial charge is 0.355 e. The van der Waals surface area contributed by atoms with Gasteiger partial charge in [0.2, 0.25) is 0 Å². The van der Waals surface area contributed by atoms with E-state index in [0.717, 1.165) is 37.8 Å². The Morgan fingerprint density at radius 2 is 1.95 bits per heavy atom. The number of rotatable bonds is 3. The Balaban J connectivity index is 1.70. The van der Waals surface area contributed by atoms with E-state index in [1.165, 1.54) is 12.1 Å². The Kier molecular flexibility index (Phi) is 4.20. The highest BCUT2D eigenvalue weighted by molar-refractivity contribution is 6.30. The van der Waals surface area contributed by atoms with Crippen LogP contribution in [-0.2, 0) is 0 Å². The summed E-state index contributed by atoms with van der Waals surface area (Å²) in [5, 5.41) is 10.6. The van der Waals surface area contributed by atoms with Gasteiger partial charge in [-0.2, -0.15) is 0 Å². The SMILES string of the molecule is O=C(Nc1ccc(Cl)c(F)c1)c1ccc(N2CCCC2)nn1. The van der Waals surface area contributed by atoms with Gasteiger partial charge in [-0.05, 0) is 43.2 Å². The fourth-order valence-corrected chi connectivity index (χ4v) is 2.45. The Bertz CT molecular complexity index is 686. The number of carbonyl (C=O) groups excluding carboxylic acids is 1. The van der Waals surface area contributed by atoms with Gasteiger partial charge in [0.25, 0.3) is 5.91 Å². The predicted octanol–water partition coefficient (Wildman–Crippen LogP) is 3.12. The van der Waals surface area contributed by atoms with Gasteiger partial charge in [-0.15, -0.1) is 10.2 Å². The van der Waals surface area contributed by atoms with Crippen LogP contribution in [0.1, 0.15) is 23.3 Å². The molecule has 1 aromatic carbocycles. The molecule has 0 unspecified atom stereocenters. The molecule has 1 amide bonds. The summed E-state index contributed by atoms with van der Waals surface area (Å²) in [6, 6.07) is 7.45. The molecular formula is C15H14ClFN4O. The number of benzene rings is 1. The van der Waals surface area contributed by atoms with E-state index >= 15 is 0 Å². The Hall–Kier alpha value is -2.21. The zero-order chi connectivity index (χ0) is 15.5. The van der Waals surface area contributed by atoms with Crippen molar-refractivity contribution in [3.05, 3.63) is 46.9 Å². The molecule has 0 saturated carbocycles. The zero-order valence-electron chi connectivity index (χ0n) is 11.7. The third kappa shape index (κ3) is 3.17. The van der Waals surface area contributed by atoms with E-state index in [1.54, 1.807) is 12.1 Å². The van der Waals surface area contributed by atoms with Crippen LogP contribution in [-0.4, -0.2) is 29.2 Å². The first-order chi connectivity index (χ1) is 10.6. The number of hydrogen-bond donors (Lipinski definition) is 1. The summed E-state index contributed by atoms with van der Waals surface area (Å²) < 4.78 is 13.3. The van der Waals surface area contributed by atoms with E-state index < -0.39 is 11.7 Å². The molecule has 1 saturated heterocycles. The van der Waals surface area contributed by atoms with Crippen molar-refractivity contribution in [3.8, 4) is 0 Å². The van der Waals surface area contributed by atoms with Crippen LogP contribution >= 0.6 is 11.6 Å². The molecule has 0 atom stereocenters. The van der Waals surface area contributed by atoms with Crippen LogP contribution in [0.3, 0.4) is 0 Å². The second-order valence-corrected chi connectivity index (χ2v) is 5.46. The molecule has 7 heteroatoms. The molecule has 0 radical (unpaired) electrons. The number of amides is 1. The lowest BCUT2D eigenvalue weighted by Crippen LogP contribution is -2.21. The summed E-state index contributed by atoms with van der Waals surface area (Å²) in [7, 11) is 0. The minimum absolute atomic E-state index is 0.00718. The van der Waals surface area contributed by atoms with Crippen LogP contribution in [0.4, 0.5) is 15.9 Å². The van der Waals surface area contributed by atoms with Crippen LogP contribution in [0, 0.1) is 5.82 Å². The highest BCUT2D eigenvalue weighted by Gasteiger charge is 2.15. The molecule has 5 nitrogen and oxygen atoms in total. The van der Waals surface area contributed by atoms with Crippen molar-refractivity contribution in [1.82, 2.24) is 10.2 Å². The topological polar surface area (TPSA) is 58.1 Å². The van der Waals surface area contributed by atoms with Crippen molar-refractivity contribution in [3.63, 3.8) is 0 Å². The number of carbonyl (C=O) groups is 1. The third-order valence-electron chi connectivity index (χ3n) is 3.49. The fraction of sp³-hybridized carbons (Fsp3) is 0.267. The van der Waals surface area contributed by atoms with Crippen molar-refractivity contribution < 1.29 is 9.18 Å². The molecule has 1 N–H and O–H groups in total. The van der Waals surface area contributed by atoms with Crippen LogP contribution in [0.15, 0.2) is 30.3 Å². The first-order valence-electron chi connectivity index (χ1n) is 6.98. The van der Waals surface area contributed by atoms with E-state index in [2.05, 4.69) is 20.4 Å². The van der Waals surface area contributed by atoms with Crippen LogP contribution in [0.25, 0.3) is 0 Å². The van der Waals surface area contributed by atoms with Gasteiger partial charge < -0.3 is 10.2 Å². The number of hydrogen-bond acceptors (Lipinski definition) is 4. The normalized spacial score (nSPS) is 14.2. The average molecular weight is 321 g/mol. The molecule has 3 rings (SSSR count). The van der Waals surface area contributed by atoms with Crippen LogP contribution in [0.5, 0.6) is 0 Å². The van der Waals surface area contributed by atoms with Crippen LogP contribution in [0.2, 0.25) is 5.02 Å². The Morgan fingerprint density at radius 1 is 1.18 bits per heavy atom. The third-order valence-corrected chi connectivity index (χ3v) is 3.80. The van der Waals surface area contributed by atoms with Crippen molar-refractivity contribution >= 4 is 29.0 Å². The Morgan fingerprint density at radius 3 is 2.59 bits per heavy atom. The summed E-state index contributed by atoms with van der Waals surface area (Å²) in [6.07, 6.45) is 2.29. The van der Waals surface area contributed by atoms with Crippen molar-refractivity contribution in [2.45, 2.75) is 12.8 Å². The van der Waals surface area contributed by atoms with Crippen molar-refractivity contribution in [2.75, 3.05) is 23.3 Å². The lowest BCUT2D eigenvalue weighted by molar-refractivity contribution is 0.102. The minimum Gasteiger partial charge on any atom is -0.355 e. The monoisotopic (exact) mass is 320 g/mol. The molecule has 0 aliphatic carbocycles. The van der Waals surface area contributed by atoms with E-state index in [9.17, 15) is 9.18 Å². The van der Waals surface area contributed by atoms with Gasteiger partial charge in [-0.25, -0.2) is 4.39 Å². The lowest BCUT2D eigenvalue weighted by atomic mass is 10.3. The molecule has 1 aliphatic heterocycles. The second-order valence-electron chi connectivity index (χ2n) is 5.05. The average Bonchev–Trinajstić information content (AvgIpc) is 3.05. The highest BCUT2D eigenvalue weighted by Crippen LogP contribution is 2.20. The van der Waals surface area contributed by atoms with E-state index in [4.69, 9.17) is 11.6 Å². The molecule has 2 heterocycles. The minimum atomic E-state index is -0.588. The highest BCUT2D eigenvalue weighted by atomic mass is 35.5. The maximum Gasteiger partial charge on any atom is 0.276 e. The summed E-state index contributed by atoms with van der Waals surface area (Å²) in [5.41, 5.74) is 0.496. The molecule has 0 spiro atoms. The van der Waals surface area contributed by atoms with Gasteiger partial charge in [-0.1, -0.05) is 11.6 Å². The molecule has 1 aliphatic rings. The van der Waals surface area contributed by atoms with E-state index in [-0.39, 0.29) is 10.7 Å². The quantitative estimate of drug-likeness (QED) is 0.944. The van der Waals surface area contributed by atoms with Gasteiger partial charge in [0, 0.05) is 18.8 Å². The summed E-state index contributed by atoms with van der Waals surface area (Å²) >= 11 is 5.60. The van der Waals surface area contributed by atoms with Crippen LogP contribution < -0.4 is 10.2 Å². The van der Waals surface area contributed by atoms with Gasteiger partial charge in [-0.3, -0.25) is 4.79 Å². The molecule has 114 valence electrons. The molecule has 1 aromatic heterocycles. The first-order valence-corrected chi connectivity index (χ1v) is 7.36. The fourth-order valence-electron chi connectivity index (χ4n) is 2.33. The van der Waals surface area contributed by atoms with Gasteiger partial charge in [0.1, 0.15) is 5.82 Å². The van der Waals surface area contributed by atoms with E-state index in [0.29, 0.717) is 5.69 Å². The summed E-state index contributed by atoms with van der Waals surface area (Å²) in [5.74, 6) is -0.260. The summed E-state index contributed by atoms with van der Waals surface area (Å²) in [6.45, 7) is 1.93. The zero-order valence-corrected chi connectivity index (χ0v) is 12.5. The lowest BCUT2D eigenvalue weighted by Gasteiger charge is -2.15. The molecule has 1 fully saturated rings. The second kappa shape index (κ2) is 6.27. The number of anilines is 2. The number of nitrogens with one attached hydrogen (secondary N) is 1. The maximum absolute atomic E-state index is 13.3. The first kappa shape index (κ1) is 14.7. The smallest absolute Gasteiger partial charge is 0.276 e. The predicted molar refractivity (Wildman–Crippen MR) is 82.8 cm³/mol. The summed E-state index contributed by atoms with van der Waals surface area (Å²) in [4.78, 5) is 14.2. The van der Waals surface area contributed by atoms with Crippen molar-refractivity contribution in [1.29, 1.82) is 0 Å². The number of nitrogens with zero attached hydrogens (tertiary/aromatic N) is 3. The maximum atomic E-state index is 13.3. The molecule has 2 aromatic rings. The number of halogens is 2. The number of aromatic nitrogens is 2. The molecule has 22 heavy (non-hydrogen) atoms. The van der Waals surface area contributed by atoms with Gasteiger partial charge in [0.15, 0.2) is 11.5 Å². The van der Waals surface area contributed by atoms with Gasteiger partial charge >= 0.3 is 0 Å². The Labute approximate surface area is 132 Å². The molecule has 0 bridgehead atoms. The standard InChI is InChI=1S/C15H14ClFN4O/c16-11-4-3-10(9-12(11)17)18-15(22)13-5-6-14(20-19-13)21-7-1-2-8-21/h3-6,9H,1-2,7-8H2,(H,18,22). The van der Waals surface area contributed by atoms with Gasteiger partial charge in [0.05, 0.1) is 5.02 Å². The van der Waals surface area contributed by atoms with E-state index in [1.807, 2.05) is 0 Å².